The van der Waals surface area contributed by atoms with E-state index in [4.69, 9.17) is 14.2 Å². The molecule has 0 heterocycles. The van der Waals surface area contributed by atoms with Gasteiger partial charge in [-0.05, 0) is 60.0 Å². The van der Waals surface area contributed by atoms with Crippen molar-refractivity contribution < 1.29 is 28.9 Å². The molecule has 0 unspecified atom stereocenters. The lowest BCUT2D eigenvalue weighted by molar-refractivity contribution is -0.120. The predicted molar refractivity (Wildman–Crippen MR) is 108 cm³/mol. The van der Waals surface area contributed by atoms with Crippen LogP contribution in [0.3, 0.4) is 0 Å². The second-order valence-corrected chi connectivity index (χ2v) is 5.80. The van der Waals surface area contributed by atoms with Crippen LogP contribution in [0, 0.1) is 0 Å². The molecule has 2 rings (SSSR count). The van der Waals surface area contributed by atoms with E-state index < -0.39 is 5.97 Å². The van der Waals surface area contributed by atoms with Crippen molar-refractivity contribution in [1.29, 1.82) is 0 Å². The third-order valence-electron chi connectivity index (χ3n) is 3.59. The van der Waals surface area contributed by atoms with Gasteiger partial charge in [0.15, 0.2) is 0 Å². The third kappa shape index (κ3) is 7.55. The summed E-state index contributed by atoms with van der Waals surface area (Å²) in [5.74, 6) is -0.386. The van der Waals surface area contributed by atoms with Gasteiger partial charge < -0.3 is 19.3 Å². The van der Waals surface area contributed by atoms with E-state index >= 15 is 0 Å². The molecule has 2 aromatic rings. The first-order chi connectivity index (χ1) is 14.1. The van der Waals surface area contributed by atoms with Crippen LogP contribution in [-0.4, -0.2) is 49.8 Å². The molecule has 0 radical (unpaired) electrons. The van der Waals surface area contributed by atoms with E-state index in [1.54, 1.807) is 30.3 Å². The molecular formula is C21H22N2O6. The Labute approximate surface area is 168 Å². The fraction of sp³-hybridized carbons (Fsp3) is 0.238. The molecule has 0 saturated carbocycles. The van der Waals surface area contributed by atoms with Crippen molar-refractivity contribution in [3.8, 4) is 11.5 Å². The molecule has 0 aliphatic rings. The van der Waals surface area contributed by atoms with Gasteiger partial charge in [-0.15, -0.1) is 0 Å². The lowest BCUT2D eigenvalue weighted by Gasteiger charge is -2.07. The van der Waals surface area contributed by atoms with Crippen LogP contribution in [0.1, 0.15) is 34.8 Å². The Bertz CT molecular complexity index is 862. The summed E-state index contributed by atoms with van der Waals surface area (Å²) >= 11 is 0. The van der Waals surface area contributed by atoms with Crippen molar-refractivity contribution in [2.24, 2.45) is 10.2 Å². The second kappa shape index (κ2) is 12.0. The van der Waals surface area contributed by atoms with Crippen LogP contribution in [0.15, 0.2) is 52.7 Å². The van der Waals surface area contributed by atoms with E-state index in [0.29, 0.717) is 31.0 Å². The summed E-state index contributed by atoms with van der Waals surface area (Å²) in [6.45, 7) is 3.36. The number of benzene rings is 2. The molecule has 0 aliphatic carbocycles. The Morgan fingerprint density at radius 2 is 1.69 bits per heavy atom. The van der Waals surface area contributed by atoms with Crippen molar-refractivity contribution in [1.82, 2.24) is 0 Å². The first-order valence-electron chi connectivity index (χ1n) is 8.98. The molecule has 2 aromatic carbocycles. The minimum atomic E-state index is -0.640. The molecule has 0 spiro atoms. The third-order valence-corrected chi connectivity index (χ3v) is 3.59. The molecule has 0 saturated heterocycles. The summed E-state index contributed by atoms with van der Waals surface area (Å²) in [6, 6.07) is 11.2. The summed E-state index contributed by atoms with van der Waals surface area (Å²) in [5.41, 5.74) is 1.38. The summed E-state index contributed by atoms with van der Waals surface area (Å²) in [6.07, 6.45) is 3.85. The maximum absolute atomic E-state index is 12.1. The number of carbonyl (C=O) groups is 2. The molecule has 1 N–H and O–H groups in total. The normalized spacial score (nSPS) is 11.1. The summed E-state index contributed by atoms with van der Waals surface area (Å²) in [4.78, 5) is 22.4. The molecule has 0 amide bonds. The number of hydrogen-bond acceptors (Lipinski definition) is 8. The maximum atomic E-state index is 12.1. The SMILES string of the molecule is CCCOCCOC(=O)c1cc(C=NN=Cc2ccc(OC=O)cc2)ccc1O. The lowest BCUT2D eigenvalue weighted by atomic mass is 10.1. The van der Waals surface area contributed by atoms with E-state index in [-0.39, 0.29) is 17.9 Å². The fourth-order valence-corrected chi connectivity index (χ4v) is 2.20. The van der Waals surface area contributed by atoms with Crippen LogP contribution in [0.4, 0.5) is 0 Å². The maximum Gasteiger partial charge on any atom is 0.342 e. The Balaban J connectivity index is 1.94. The summed E-state index contributed by atoms with van der Waals surface area (Å²) < 4.78 is 15.0. The van der Waals surface area contributed by atoms with E-state index in [0.717, 1.165) is 12.0 Å². The van der Waals surface area contributed by atoms with Gasteiger partial charge in [-0.2, -0.15) is 10.2 Å². The first-order valence-corrected chi connectivity index (χ1v) is 8.98. The predicted octanol–water partition coefficient (Wildman–Crippen LogP) is 2.96. The van der Waals surface area contributed by atoms with Gasteiger partial charge in [-0.1, -0.05) is 6.92 Å². The average Bonchev–Trinajstić information content (AvgIpc) is 2.73. The van der Waals surface area contributed by atoms with Crippen LogP contribution >= 0.6 is 0 Å². The Kier molecular flexibility index (Phi) is 9.04. The van der Waals surface area contributed by atoms with Gasteiger partial charge in [0, 0.05) is 6.61 Å². The van der Waals surface area contributed by atoms with Crippen molar-refractivity contribution in [3.63, 3.8) is 0 Å². The minimum Gasteiger partial charge on any atom is -0.507 e. The van der Waals surface area contributed by atoms with Crippen molar-refractivity contribution >= 4 is 24.9 Å². The number of hydrogen-bond donors (Lipinski definition) is 1. The van der Waals surface area contributed by atoms with Gasteiger partial charge in [0.05, 0.1) is 19.0 Å². The van der Waals surface area contributed by atoms with Gasteiger partial charge in [0.25, 0.3) is 6.47 Å². The Hall–Kier alpha value is -3.52. The quantitative estimate of drug-likeness (QED) is 0.205. The Morgan fingerprint density at radius 1 is 1.00 bits per heavy atom. The van der Waals surface area contributed by atoms with Gasteiger partial charge in [0.1, 0.15) is 23.7 Å². The van der Waals surface area contributed by atoms with Gasteiger partial charge in [-0.25, -0.2) is 4.79 Å². The highest BCUT2D eigenvalue weighted by molar-refractivity contribution is 5.95. The molecule has 0 atom stereocenters. The summed E-state index contributed by atoms with van der Waals surface area (Å²) in [7, 11) is 0. The molecular weight excluding hydrogens is 376 g/mol. The second-order valence-electron chi connectivity index (χ2n) is 5.80. The number of phenolic OH excluding ortho intramolecular Hbond substituents is 1. The van der Waals surface area contributed by atoms with E-state index in [9.17, 15) is 14.7 Å². The number of esters is 1. The number of aromatic hydroxyl groups is 1. The molecule has 0 bridgehead atoms. The van der Waals surface area contributed by atoms with E-state index in [2.05, 4.69) is 10.2 Å². The van der Waals surface area contributed by atoms with Gasteiger partial charge in [-0.3, -0.25) is 4.79 Å². The molecule has 152 valence electrons. The summed E-state index contributed by atoms with van der Waals surface area (Å²) in [5, 5.41) is 17.7. The standard InChI is InChI=1S/C21H22N2O6/c1-2-9-27-10-11-28-21(26)19-12-17(5-8-20(19)25)14-23-22-13-16-3-6-18(7-4-16)29-15-24/h3-8,12-15,25H,2,9-11H2,1H3. The topological polar surface area (TPSA) is 107 Å². The first kappa shape index (κ1) is 21.8. The minimum absolute atomic E-state index is 0.0409. The van der Waals surface area contributed by atoms with Crippen molar-refractivity contribution in [2.75, 3.05) is 19.8 Å². The highest BCUT2D eigenvalue weighted by Gasteiger charge is 2.13. The zero-order chi connectivity index (χ0) is 20.9. The van der Waals surface area contributed by atoms with Crippen LogP contribution < -0.4 is 4.74 Å². The van der Waals surface area contributed by atoms with E-state index in [1.807, 2.05) is 6.92 Å². The van der Waals surface area contributed by atoms with Gasteiger partial charge in [0.2, 0.25) is 0 Å². The smallest absolute Gasteiger partial charge is 0.342 e. The zero-order valence-corrected chi connectivity index (χ0v) is 16.0. The monoisotopic (exact) mass is 398 g/mol. The largest absolute Gasteiger partial charge is 0.507 e. The fourth-order valence-electron chi connectivity index (χ4n) is 2.20. The van der Waals surface area contributed by atoms with Crippen molar-refractivity contribution in [3.05, 3.63) is 59.2 Å². The molecule has 8 nitrogen and oxygen atoms in total. The molecule has 0 fully saturated rings. The number of ether oxygens (including phenoxy) is 3. The molecule has 29 heavy (non-hydrogen) atoms. The van der Waals surface area contributed by atoms with Crippen LogP contribution in [-0.2, 0) is 14.3 Å². The van der Waals surface area contributed by atoms with E-state index in [1.165, 1.54) is 24.6 Å². The lowest BCUT2D eigenvalue weighted by Crippen LogP contribution is -2.11. The van der Waals surface area contributed by atoms with Gasteiger partial charge >= 0.3 is 5.97 Å². The van der Waals surface area contributed by atoms with Crippen LogP contribution in [0.2, 0.25) is 0 Å². The molecule has 0 aliphatic heterocycles. The number of rotatable bonds is 11. The molecule has 8 heteroatoms. The average molecular weight is 398 g/mol. The number of carbonyl (C=O) groups excluding carboxylic acids is 2. The zero-order valence-electron chi connectivity index (χ0n) is 16.0. The van der Waals surface area contributed by atoms with Crippen molar-refractivity contribution in [2.45, 2.75) is 13.3 Å². The molecule has 0 aromatic heterocycles. The Morgan fingerprint density at radius 3 is 2.38 bits per heavy atom. The highest BCUT2D eigenvalue weighted by atomic mass is 16.6. The highest BCUT2D eigenvalue weighted by Crippen LogP contribution is 2.19. The van der Waals surface area contributed by atoms with Crippen LogP contribution in [0.5, 0.6) is 11.5 Å². The number of phenols is 1. The number of nitrogens with zero attached hydrogens (tertiary/aromatic N) is 2. The van der Waals surface area contributed by atoms with Crippen LogP contribution in [0.25, 0.3) is 0 Å².